The second-order valence-electron chi connectivity index (χ2n) is 27.9. The van der Waals surface area contributed by atoms with Gasteiger partial charge in [-0.3, -0.25) is 64.2 Å². The van der Waals surface area contributed by atoms with Crippen LogP contribution in [0, 0.1) is 18.8 Å². The molecule has 3 aliphatic rings. The van der Waals surface area contributed by atoms with Crippen LogP contribution in [0.2, 0.25) is 5.15 Å². The van der Waals surface area contributed by atoms with Crippen molar-refractivity contribution in [3.05, 3.63) is 143 Å². The maximum Gasteiger partial charge on any atom is 2.00 e. The number of ether oxygens (including phenoxy) is 3. The molecule has 0 aromatic carbocycles. The number of hydrogen-bond acceptors (Lipinski definition) is 28. The van der Waals surface area contributed by atoms with Crippen LogP contribution in [0.5, 0.6) is 0 Å². The Morgan fingerprint density at radius 2 is 0.849 bits per heavy atom. The summed E-state index contributed by atoms with van der Waals surface area (Å²) in [5.41, 5.74) is 4.22. The maximum atomic E-state index is 11.9. The smallest absolute Gasteiger partial charge is 1.00 e. The fraction of sp³-hybridized carbons (Fsp3) is 0.512. The van der Waals surface area contributed by atoms with E-state index in [1.165, 1.54) is 89.4 Å². The molecule has 3 fully saturated rings. The van der Waals surface area contributed by atoms with Crippen molar-refractivity contribution in [1.82, 2.24) is 75.3 Å². The zero-order valence-electron chi connectivity index (χ0n) is 70.6. The largest absolute Gasteiger partial charge is 2.00 e. The second-order valence-corrected chi connectivity index (χ2v) is 29.4. The number of Topliss-reactive ketones (excluding diaryl/α,β-unsaturated/α-hetero) is 1. The Morgan fingerprint density at radius 1 is 0.521 bits per heavy atom. The van der Waals surface area contributed by atoms with Gasteiger partial charge in [0.25, 0.3) is 11.8 Å². The van der Waals surface area contributed by atoms with Crippen LogP contribution in [0.15, 0.2) is 97.8 Å². The van der Waals surface area contributed by atoms with Gasteiger partial charge >= 0.3 is 41.3 Å². The molecule has 6 aromatic rings. The molecule has 3 saturated heterocycles. The SMILES string of the molecule is C.C.C.CC(=O)N1CCN(C(C)c2ccnc(NC(=O)OC(C)(C)C)c2)CC1.CC(=O)N1CCN(C(C)c2ccnc(Nc3ncc(C#N)s3)c2)CC1.CC(=O)N1CCNCC1.CC(=O)c1ccnc(NC(=O)OC(C)(C)C)c1.CNOC.CON(C)C(=O)c1ccnc(Cl)c1.CON(C)C(=O)c1ccnc(NC(=O)OC(C)(C)C)c1.[Br-].[CH3-].[Mg+2]. The minimum absolute atomic E-state index is 0. The number of carbonyl (C=O) groups excluding carboxylic acids is 9. The molecule has 119 heavy (non-hydrogen) atoms. The number of hydrogen-bond donors (Lipinski definition) is 6. The zero-order valence-corrected chi connectivity index (χ0v) is 75.2. The summed E-state index contributed by atoms with van der Waals surface area (Å²) in [7, 11) is 9.10. The van der Waals surface area contributed by atoms with Crippen molar-refractivity contribution in [2.45, 2.75) is 155 Å². The van der Waals surface area contributed by atoms with Crippen LogP contribution >= 0.6 is 22.9 Å². The van der Waals surface area contributed by atoms with E-state index in [-0.39, 0.29) is 128 Å². The molecule has 0 bridgehead atoms. The number of carbonyl (C=O) groups is 9. The Labute approximate surface area is 739 Å². The molecule has 2 atom stereocenters. The minimum atomic E-state index is -0.630. The van der Waals surface area contributed by atoms with E-state index in [9.17, 15) is 43.2 Å². The van der Waals surface area contributed by atoms with Gasteiger partial charge in [-0.25, -0.2) is 59.9 Å². The van der Waals surface area contributed by atoms with Crippen LogP contribution in [0.25, 0.3) is 0 Å². The molecule has 8 amide bonds. The van der Waals surface area contributed by atoms with Crippen LogP contribution in [0.3, 0.4) is 0 Å². The summed E-state index contributed by atoms with van der Waals surface area (Å²) in [6.45, 7) is 36.7. The molecule has 0 spiro atoms. The van der Waals surface area contributed by atoms with E-state index in [1.807, 2.05) is 59.7 Å². The first-order valence-electron chi connectivity index (χ1n) is 36.0. The first-order chi connectivity index (χ1) is 53.1. The van der Waals surface area contributed by atoms with Crippen molar-refractivity contribution in [2.75, 3.05) is 142 Å². The van der Waals surface area contributed by atoms with Crippen LogP contribution in [-0.2, 0) is 43.1 Å². The van der Waals surface area contributed by atoms with Crippen LogP contribution < -0.4 is 49.0 Å². The van der Waals surface area contributed by atoms with Gasteiger partial charge in [0.1, 0.15) is 56.2 Å². The Morgan fingerprint density at radius 3 is 1.18 bits per heavy atom. The molecule has 35 nitrogen and oxygen atoms in total. The van der Waals surface area contributed by atoms with E-state index in [0.29, 0.717) is 44.2 Å². The number of aromatic nitrogens is 6. The van der Waals surface area contributed by atoms with Gasteiger partial charge in [-0.15, -0.1) is 0 Å². The number of anilines is 5. The van der Waals surface area contributed by atoms with Gasteiger partial charge in [0.05, 0.1) is 27.5 Å². The molecule has 658 valence electrons. The topological polar surface area (TPSA) is 405 Å². The van der Waals surface area contributed by atoms with E-state index >= 15 is 0 Å². The molecule has 6 aromatic heterocycles. The first-order valence-corrected chi connectivity index (χ1v) is 37.2. The Bertz CT molecular complexity index is 4090. The number of nitrogens with one attached hydrogen (secondary N) is 6. The number of nitrogens with zero attached hydrogens (tertiary/aromatic N) is 14. The minimum Gasteiger partial charge on any atom is -1.00 e. The fourth-order valence-electron chi connectivity index (χ4n) is 9.93. The molecular formula is C80H126BrClMgN20O15S. The molecule has 0 radical (unpaired) electrons. The van der Waals surface area contributed by atoms with Gasteiger partial charge in [-0.2, -0.15) is 5.26 Å². The summed E-state index contributed by atoms with van der Waals surface area (Å²) in [5, 5.41) is 26.0. The molecule has 9 rings (SSSR count). The van der Waals surface area contributed by atoms with Crippen LogP contribution in [0.1, 0.15) is 185 Å². The molecule has 39 heteroatoms. The third-order valence-electron chi connectivity index (χ3n) is 15.9. The molecular weight excluding hydrogens is 1650 g/mol. The summed E-state index contributed by atoms with van der Waals surface area (Å²) < 4.78 is 15.4. The van der Waals surface area contributed by atoms with Gasteiger partial charge in [-0.05, 0) is 155 Å². The second kappa shape index (κ2) is 58.6. The number of pyridine rings is 5. The number of rotatable bonds is 15. The van der Waals surface area contributed by atoms with Gasteiger partial charge in [0, 0.05) is 180 Å². The van der Waals surface area contributed by atoms with Crippen molar-refractivity contribution < 1.29 is 88.9 Å². The maximum absolute atomic E-state index is 11.9. The first kappa shape index (κ1) is 116. The van der Waals surface area contributed by atoms with Crippen molar-refractivity contribution in [1.29, 1.82) is 5.26 Å². The van der Waals surface area contributed by atoms with Gasteiger partial charge in [0.15, 0.2) is 10.9 Å². The summed E-state index contributed by atoms with van der Waals surface area (Å²) in [4.78, 5) is 152. The molecule has 6 N–H and O–H groups in total. The third kappa shape index (κ3) is 46.2. The average molecular weight is 1780 g/mol. The standard InChI is InChI=1S/C18H28N4O3.C17H20N6OS.C13H19N3O4.C12H16N2O3.C8H9ClN2O2.C6H12N2O.C2H7NO.3CH4.CH3.BrH.Mg/c1-13(21-8-10-22(11-9-21)14(2)23)15-6-7-19-16(12-15)20-17(24)25-18(3,4)5;1-12(22-5-7-23(8-6-22)13(2)24)14-3-4-19-16(9-14)21-17-20-11-15(10-18)25-17;1-13(2,3)20-12(18)15-10-8-9(6-7-14-10)11(17)16(4)19-5;1-8(15)9-5-6-13-10(7-9)14-11(16)17-12(2,3)4;1-11(13-2)8(12)6-3-4-10-7(9)5-6;1-6(9)8-4-2-7-3-5-8;1-3-4-2;;;;;;/h6-7,12-13H,8-11H2,1-5H3,(H,19,20,24);3-4,9,11-12H,5-8H2,1-2H3,(H,19,20,21);6-8H,1-5H3,(H,14,15,18);5-7H,1-4H3,(H,13,14,16);3-5H,1-2H3;7H,2-5H2,1H3;3H,1-2H3;3*1H4;1H3;1H;/q;;;;;;;;;;-1;;+2/p-1. The number of piperazine rings is 3. The fourth-order valence-corrected chi connectivity index (χ4v) is 10.7. The monoisotopic (exact) mass is 1780 g/mol. The van der Waals surface area contributed by atoms with E-state index in [4.69, 9.17) is 40.7 Å². The van der Waals surface area contributed by atoms with E-state index in [1.54, 1.807) is 107 Å². The van der Waals surface area contributed by atoms with Gasteiger partial charge in [-0.1, -0.05) is 45.2 Å². The molecule has 3 aliphatic heterocycles. The molecule has 2 unspecified atom stereocenters. The molecule has 9 heterocycles. The molecule has 0 saturated carbocycles. The summed E-state index contributed by atoms with van der Waals surface area (Å²) in [6, 6.07) is 19.5. The van der Waals surface area contributed by atoms with Crippen molar-refractivity contribution in [3.8, 4) is 6.07 Å². The number of thiazole rings is 1. The Balaban J connectivity index is -0.000000669. The van der Waals surface area contributed by atoms with E-state index in [0.717, 1.165) is 99.8 Å². The summed E-state index contributed by atoms with van der Waals surface area (Å²) >= 11 is 6.92. The van der Waals surface area contributed by atoms with Crippen molar-refractivity contribution in [2.24, 2.45) is 0 Å². The average Bonchev–Trinajstić information content (AvgIpc) is 1.58. The predicted octanol–water partition coefficient (Wildman–Crippen LogP) is 9.28. The number of amides is 8. The van der Waals surface area contributed by atoms with E-state index in [2.05, 4.69) is 96.5 Å². The van der Waals surface area contributed by atoms with Gasteiger partial charge < -0.3 is 68.8 Å². The predicted molar refractivity (Wildman–Crippen MR) is 462 cm³/mol. The van der Waals surface area contributed by atoms with Crippen LogP contribution in [-0.4, -0.2) is 279 Å². The normalized spacial score (nSPS) is 13.2. The Hall–Kier alpha value is -9.24. The van der Waals surface area contributed by atoms with Crippen LogP contribution in [0.4, 0.5) is 42.8 Å². The number of ketones is 1. The zero-order chi connectivity index (χ0) is 84.8. The van der Waals surface area contributed by atoms with E-state index < -0.39 is 35.1 Å². The van der Waals surface area contributed by atoms with Gasteiger partial charge in [0.2, 0.25) is 17.7 Å². The summed E-state index contributed by atoms with van der Waals surface area (Å²) in [5.74, 6) is 1.49. The van der Waals surface area contributed by atoms with Crippen molar-refractivity contribution in [3.63, 3.8) is 0 Å². The molecule has 0 aliphatic carbocycles. The number of halogens is 2. The number of hydroxylamine groups is 5. The van der Waals surface area contributed by atoms with Crippen molar-refractivity contribution >= 4 is 128 Å². The quantitative estimate of drug-likeness (QED) is 0.0139. The summed E-state index contributed by atoms with van der Waals surface area (Å²) in [6.07, 6.45) is 7.63. The third-order valence-corrected chi connectivity index (χ3v) is 16.9. The number of nitriles is 1. The Kier molecular flexibility index (Phi) is 57.2.